The number of hydrogen-bond donors (Lipinski definition) is 0. The lowest BCUT2D eigenvalue weighted by atomic mass is 9.31. The van der Waals surface area contributed by atoms with E-state index in [-0.39, 0.29) is 63.6 Å². The SMILES string of the molecule is [C-]#[N+]C1=C[C@]2(C)[C@H]3CC(=O)C4C5CC(C)(C)CC[C@]5(CCC(=O)C(F)(F)F)CC[C@@]4(C)[C@]3(C)CC[C@H]2C(C)(C)C1=O. The van der Waals surface area contributed by atoms with E-state index >= 15 is 0 Å². The molecule has 0 aromatic heterocycles. The molecule has 4 nitrogen and oxygen atoms in total. The molecule has 7 heteroatoms. The standard InChI is InChI=1S/C34H46F3NO3/c1-28(2)13-15-33(12-10-25(40)34(35,36)37)16-14-32(7)26(20(33)18-28)22(39)17-24-30(5)19-21(38-8)27(41)29(3,4)23(30)9-11-31(24,32)6/h19-20,23-24,26H,9-18H2,1-7H3/t20?,23-,24+,26?,30-,31+,32+,33+/m0/s1. The summed E-state index contributed by atoms with van der Waals surface area (Å²) in [4.78, 5) is 43.4. The monoisotopic (exact) mass is 573 g/mol. The Labute approximate surface area is 243 Å². The van der Waals surface area contributed by atoms with Gasteiger partial charge in [-0.05, 0) is 96.2 Å². The van der Waals surface area contributed by atoms with E-state index in [1.807, 2.05) is 19.9 Å². The van der Waals surface area contributed by atoms with E-state index in [4.69, 9.17) is 6.57 Å². The van der Waals surface area contributed by atoms with Crippen LogP contribution in [0.1, 0.15) is 113 Å². The fourth-order valence-electron chi connectivity index (χ4n) is 11.3. The van der Waals surface area contributed by atoms with E-state index in [1.165, 1.54) is 0 Å². The molecule has 8 atom stereocenters. The number of nitrogens with zero attached hydrogens (tertiary/aromatic N) is 1. The number of carbonyl (C=O) groups is 3. The average Bonchev–Trinajstić information content (AvgIpc) is 2.86. The van der Waals surface area contributed by atoms with Gasteiger partial charge >= 0.3 is 6.18 Å². The largest absolute Gasteiger partial charge is 0.449 e. The molecule has 0 heterocycles. The maximum absolute atomic E-state index is 14.5. The first-order valence-electron chi connectivity index (χ1n) is 15.5. The highest BCUT2D eigenvalue weighted by Gasteiger charge is 2.72. The van der Waals surface area contributed by atoms with Crippen molar-refractivity contribution in [1.82, 2.24) is 0 Å². The van der Waals surface area contributed by atoms with Crippen LogP contribution in [-0.4, -0.2) is 23.5 Å². The van der Waals surface area contributed by atoms with Crippen molar-refractivity contribution in [2.75, 3.05) is 0 Å². The molecule has 0 aromatic carbocycles. The van der Waals surface area contributed by atoms with Gasteiger partial charge in [0.2, 0.25) is 11.5 Å². The summed E-state index contributed by atoms with van der Waals surface area (Å²) in [6.45, 7) is 22.8. The van der Waals surface area contributed by atoms with Crippen LogP contribution >= 0.6 is 0 Å². The van der Waals surface area contributed by atoms with Crippen LogP contribution < -0.4 is 0 Å². The van der Waals surface area contributed by atoms with Gasteiger partial charge in [-0.1, -0.05) is 54.5 Å². The number of Topliss-reactive ketones (excluding diaryl/α,β-unsaturated/α-hetero) is 3. The second-order valence-electron chi connectivity index (χ2n) is 16.4. The Kier molecular flexibility index (Phi) is 6.71. The molecule has 4 saturated carbocycles. The van der Waals surface area contributed by atoms with Crippen LogP contribution in [0.4, 0.5) is 13.2 Å². The van der Waals surface area contributed by atoms with E-state index < -0.39 is 34.6 Å². The summed E-state index contributed by atoms with van der Waals surface area (Å²) in [5, 5.41) is 0. The molecular weight excluding hydrogens is 527 g/mol. The van der Waals surface area contributed by atoms with Crippen LogP contribution in [0.3, 0.4) is 0 Å². The molecule has 0 spiro atoms. The number of carbonyl (C=O) groups excluding carboxylic acids is 3. The van der Waals surface area contributed by atoms with Gasteiger partial charge in [-0.25, -0.2) is 4.85 Å². The zero-order valence-electron chi connectivity index (χ0n) is 25.8. The Morgan fingerprint density at radius 3 is 2.20 bits per heavy atom. The molecule has 5 aliphatic carbocycles. The van der Waals surface area contributed by atoms with Crippen molar-refractivity contribution < 1.29 is 27.6 Å². The zero-order valence-corrected chi connectivity index (χ0v) is 25.8. The number of fused-ring (bicyclic) bond motifs is 7. The topological polar surface area (TPSA) is 55.6 Å². The van der Waals surface area contributed by atoms with Crippen LogP contribution in [-0.2, 0) is 14.4 Å². The number of rotatable bonds is 3. The molecule has 0 radical (unpaired) electrons. The highest BCUT2D eigenvalue weighted by molar-refractivity contribution is 6.02. The van der Waals surface area contributed by atoms with Crippen LogP contribution in [0.5, 0.6) is 0 Å². The summed E-state index contributed by atoms with van der Waals surface area (Å²) in [7, 11) is 0. The van der Waals surface area contributed by atoms with E-state index in [0.29, 0.717) is 6.42 Å². The number of ketones is 3. The van der Waals surface area contributed by atoms with Crippen molar-refractivity contribution in [1.29, 1.82) is 0 Å². The smallest absolute Gasteiger partial charge is 0.307 e. The third-order valence-electron chi connectivity index (χ3n) is 13.8. The summed E-state index contributed by atoms with van der Waals surface area (Å²) in [6, 6.07) is 0. The molecule has 226 valence electrons. The van der Waals surface area contributed by atoms with Gasteiger partial charge in [0.25, 0.3) is 0 Å². The van der Waals surface area contributed by atoms with Crippen LogP contribution in [0.15, 0.2) is 11.8 Å². The van der Waals surface area contributed by atoms with Crippen molar-refractivity contribution in [3.05, 3.63) is 23.2 Å². The van der Waals surface area contributed by atoms with Gasteiger partial charge in [-0.15, -0.1) is 0 Å². The molecule has 0 saturated heterocycles. The average molecular weight is 574 g/mol. The molecule has 4 fully saturated rings. The first-order valence-corrected chi connectivity index (χ1v) is 15.5. The van der Waals surface area contributed by atoms with Gasteiger partial charge in [-0.2, -0.15) is 13.2 Å². The Hall–Kier alpha value is -1.97. The third-order valence-corrected chi connectivity index (χ3v) is 13.8. The lowest BCUT2D eigenvalue weighted by Crippen LogP contribution is -2.68. The first-order chi connectivity index (χ1) is 18.7. The molecule has 0 aromatic rings. The van der Waals surface area contributed by atoms with Gasteiger partial charge in [0.15, 0.2) is 5.78 Å². The maximum atomic E-state index is 14.5. The van der Waals surface area contributed by atoms with Crippen LogP contribution in [0, 0.1) is 62.7 Å². The Bertz CT molecular complexity index is 1260. The van der Waals surface area contributed by atoms with Crippen molar-refractivity contribution in [2.24, 2.45) is 56.2 Å². The summed E-state index contributed by atoms with van der Waals surface area (Å²) >= 11 is 0. The molecular formula is C34H46F3NO3. The molecule has 41 heavy (non-hydrogen) atoms. The summed E-state index contributed by atoms with van der Waals surface area (Å²) < 4.78 is 39.7. The maximum Gasteiger partial charge on any atom is 0.449 e. The van der Waals surface area contributed by atoms with Crippen molar-refractivity contribution >= 4 is 17.3 Å². The fraction of sp³-hybridized carbons (Fsp3) is 0.824. The lowest BCUT2D eigenvalue weighted by Gasteiger charge is -2.72. The zero-order chi connectivity index (χ0) is 30.6. The van der Waals surface area contributed by atoms with E-state index in [1.54, 1.807) is 0 Å². The second kappa shape index (κ2) is 9.02. The molecule has 0 amide bonds. The first kappa shape index (κ1) is 30.5. The molecule has 0 aliphatic heterocycles. The summed E-state index contributed by atoms with van der Waals surface area (Å²) in [5.74, 6) is -1.88. The van der Waals surface area contributed by atoms with E-state index in [0.717, 1.165) is 44.9 Å². The van der Waals surface area contributed by atoms with Gasteiger partial charge in [0.1, 0.15) is 5.78 Å². The van der Waals surface area contributed by atoms with Gasteiger partial charge in [0.05, 0.1) is 6.57 Å². The van der Waals surface area contributed by atoms with Crippen LogP contribution in [0.2, 0.25) is 0 Å². The van der Waals surface area contributed by atoms with Gasteiger partial charge in [0, 0.05) is 24.2 Å². The van der Waals surface area contributed by atoms with Crippen molar-refractivity contribution in [3.8, 4) is 0 Å². The van der Waals surface area contributed by atoms with Crippen LogP contribution in [0.25, 0.3) is 4.85 Å². The molecule has 5 aliphatic rings. The Balaban J connectivity index is 1.57. The van der Waals surface area contributed by atoms with Crippen molar-refractivity contribution in [3.63, 3.8) is 0 Å². The minimum Gasteiger partial charge on any atom is -0.307 e. The van der Waals surface area contributed by atoms with E-state index in [9.17, 15) is 27.6 Å². The summed E-state index contributed by atoms with van der Waals surface area (Å²) in [6.07, 6.45) is 2.73. The number of alkyl halides is 3. The molecule has 0 N–H and O–H groups in total. The molecule has 2 unspecified atom stereocenters. The Morgan fingerprint density at radius 2 is 1.59 bits per heavy atom. The quantitative estimate of drug-likeness (QED) is 0.318. The number of halogens is 3. The van der Waals surface area contributed by atoms with Gasteiger partial charge < -0.3 is 4.79 Å². The van der Waals surface area contributed by atoms with Crippen molar-refractivity contribution in [2.45, 2.75) is 119 Å². The minimum absolute atomic E-state index is 0.0247. The fourth-order valence-corrected chi connectivity index (χ4v) is 11.3. The normalized spacial score (nSPS) is 44.9. The van der Waals surface area contributed by atoms with E-state index in [2.05, 4.69) is 39.5 Å². The highest BCUT2D eigenvalue weighted by atomic mass is 19.4. The Morgan fingerprint density at radius 1 is 0.951 bits per heavy atom. The third kappa shape index (κ3) is 4.15. The lowest BCUT2D eigenvalue weighted by molar-refractivity contribution is -0.224. The molecule has 0 bridgehead atoms. The predicted octanol–water partition coefficient (Wildman–Crippen LogP) is 8.55. The van der Waals surface area contributed by atoms with Gasteiger partial charge in [-0.3, -0.25) is 9.59 Å². The predicted molar refractivity (Wildman–Crippen MR) is 150 cm³/mol. The molecule has 5 rings (SSSR count). The summed E-state index contributed by atoms with van der Waals surface area (Å²) in [5.41, 5.74) is -2.02. The minimum atomic E-state index is -4.83. The second-order valence-corrected chi connectivity index (χ2v) is 16.4. The highest BCUT2D eigenvalue weighted by Crippen LogP contribution is 2.76. The number of hydrogen-bond acceptors (Lipinski definition) is 3. The number of allylic oxidation sites excluding steroid dienone is 2.